The lowest BCUT2D eigenvalue weighted by Gasteiger charge is -2.00. The van der Waals surface area contributed by atoms with Gasteiger partial charge in [-0.2, -0.15) is 5.10 Å². The second kappa shape index (κ2) is 1.78. The number of nitrogens with one attached hydrogen (secondary N) is 1. The fourth-order valence-corrected chi connectivity index (χ4v) is 0.448. The van der Waals surface area contributed by atoms with Crippen LogP contribution in [0, 0.1) is 5.92 Å². The molecule has 38 valence electrons. The van der Waals surface area contributed by atoms with Gasteiger partial charge in [0.05, 0.1) is 0 Å². The van der Waals surface area contributed by atoms with E-state index in [9.17, 15) is 0 Å². The van der Waals surface area contributed by atoms with Crippen LogP contribution in [0.2, 0.25) is 0 Å². The van der Waals surface area contributed by atoms with Crippen molar-refractivity contribution in [3.05, 3.63) is 12.3 Å². The van der Waals surface area contributed by atoms with Crippen LogP contribution in [0.15, 0.2) is 17.4 Å². The first-order chi connectivity index (χ1) is 3.39. The number of hydrazone groups is 1. The van der Waals surface area contributed by atoms with Gasteiger partial charge in [0, 0.05) is 18.3 Å². The summed E-state index contributed by atoms with van der Waals surface area (Å²) >= 11 is 0. The molecule has 0 aromatic heterocycles. The number of rotatable bonds is 0. The first-order valence-corrected chi connectivity index (χ1v) is 2.35. The molecule has 1 aliphatic heterocycles. The summed E-state index contributed by atoms with van der Waals surface area (Å²) in [6, 6.07) is 0. The Kier molecular flexibility index (Phi) is 1.11. The molecule has 0 radical (unpaired) electrons. The molecule has 0 aromatic rings. The summed E-state index contributed by atoms with van der Waals surface area (Å²) in [5, 5.41) is 3.80. The predicted molar refractivity (Wildman–Crippen MR) is 29.9 cm³/mol. The molecule has 1 rings (SSSR count). The largest absolute Gasteiger partial charge is 0.286 e. The molecular formula is C5H8N2. The quantitative estimate of drug-likeness (QED) is 0.472. The van der Waals surface area contributed by atoms with Crippen molar-refractivity contribution in [1.29, 1.82) is 0 Å². The lowest BCUT2D eigenvalue weighted by molar-refractivity contribution is 0.876. The van der Waals surface area contributed by atoms with Crippen molar-refractivity contribution in [1.82, 2.24) is 5.43 Å². The van der Waals surface area contributed by atoms with Crippen LogP contribution < -0.4 is 5.43 Å². The molecule has 2 heteroatoms. The Morgan fingerprint density at radius 2 is 2.57 bits per heavy atom. The highest BCUT2D eigenvalue weighted by Gasteiger charge is 1.91. The maximum Gasteiger partial charge on any atom is 0.0313 e. The van der Waals surface area contributed by atoms with Gasteiger partial charge in [-0.1, -0.05) is 13.0 Å². The van der Waals surface area contributed by atoms with Gasteiger partial charge in [0.1, 0.15) is 0 Å². The Morgan fingerprint density at radius 1 is 1.71 bits per heavy atom. The van der Waals surface area contributed by atoms with Crippen molar-refractivity contribution in [2.45, 2.75) is 6.92 Å². The van der Waals surface area contributed by atoms with E-state index in [0.29, 0.717) is 5.92 Å². The molecule has 0 bridgehead atoms. The number of hydrogen-bond donors (Lipinski definition) is 1. The topological polar surface area (TPSA) is 24.4 Å². The Bertz CT molecular complexity index is 92.6. The average molecular weight is 96.1 g/mol. The predicted octanol–water partition coefficient (Wildman–Crippen LogP) is 0.725. The molecule has 1 N–H and O–H groups in total. The van der Waals surface area contributed by atoms with Crippen molar-refractivity contribution in [3.8, 4) is 0 Å². The van der Waals surface area contributed by atoms with Gasteiger partial charge in [0.15, 0.2) is 0 Å². The van der Waals surface area contributed by atoms with E-state index in [4.69, 9.17) is 0 Å². The van der Waals surface area contributed by atoms with Crippen molar-refractivity contribution >= 4 is 6.21 Å². The van der Waals surface area contributed by atoms with Gasteiger partial charge < -0.3 is 0 Å². The highest BCUT2D eigenvalue weighted by atomic mass is 15.3. The first kappa shape index (κ1) is 4.37. The van der Waals surface area contributed by atoms with Crippen LogP contribution in [0.3, 0.4) is 0 Å². The molecule has 1 atom stereocenters. The molecule has 0 fully saturated rings. The molecule has 7 heavy (non-hydrogen) atoms. The Labute approximate surface area is 42.9 Å². The zero-order chi connectivity index (χ0) is 5.11. The summed E-state index contributed by atoms with van der Waals surface area (Å²) in [6.45, 7) is 2.08. The highest BCUT2D eigenvalue weighted by Crippen LogP contribution is 1.93. The van der Waals surface area contributed by atoms with E-state index in [1.54, 1.807) is 0 Å². The number of allylic oxidation sites excluding steroid dienone is 1. The molecule has 0 amide bonds. The Hall–Kier alpha value is -0.790. The zero-order valence-electron chi connectivity index (χ0n) is 4.26. The first-order valence-electron chi connectivity index (χ1n) is 2.35. The lowest BCUT2D eigenvalue weighted by atomic mass is 10.2. The normalized spacial score (nSPS) is 27.3. The molecule has 0 saturated heterocycles. The average Bonchev–Trinajstić information content (AvgIpc) is 1.69. The molecule has 0 aromatic carbocycles. The standard InChI is InChI=1S/C5H8N2/c1-5-2-3-6-7-4-5/h2-6H,1H3. The molecule has 0 saturated carbocycles. The van der Waals surface area contributed by atoms with Crippen LogP contribution in [-0.2, 0) is 0 Å². The van der Waals surface area contributed by atoms with Crippen LogP contribution in [-0.4, -0.2) is 6.21 Å². The van der Waals surface area contributed by atoms with Crippen LogP contribution in [0.25, 0.3) is 0 Å². The summed E-state index contributed by atoms with van der Waals surface area (Å²) in [4.78, 5) is 0. The minimum atomic E-state index is 0.501. The van der Waals surface area contributed by atoms with E-state index < -0.39 is 0 Å². The number of hydrogen-bond acceptors (Lipinski definition) is 2. The van der Waals surface area contributed by atoms with Crippen molar-refractivity contribution < 1.29 is 0 Å². The summed E-state index contributed by atoms with van der Waals surface area (Å²) in [6.07, 6.45) is 5.75. The Morgan fingerprint density at radius 3 is 2.86 bits per heavy atom. The van der Waals surface area contributed by atoms with Crippen LogP contribution in [0.5, 0.6) is 0 Å². The summed E-state index contributed by atoms with van der Waals surface area (Å²) in [5.74, 6) is 0.501. The van der Waals surface area contributed by atoms with E-state index in [0.717, 1.165) is 0 Å². The van der Waals surface area contributed by atoms with Gasteiger partial charge in [-0.3, -0.25) is 5.43 Å². The second-order valence-electron chi connectivity index (χ2n) is 1.63. The maximum absolute atomic E-state index is 3.80. The molecule has 0 aliphatic carbocycles. The van der Waals surface area contributed by atoms with Gasteiger partial charge in [-0.25, -0.2) is 0 Å². The third kappa shape index (κ3) is 1.03. The maximum atomic E-state index is 3.80. The van der Waals surface area contributed by atoms with E-state index >= 15 is 0 Å². The van der Waals surface area contributed by atoms with Crippen molar-refractivity contribution in [2.75, 3.05) is 0 Å². The molecule has 0 spiro atoms. The SMILES string of the molecule is CC1C=CNN=C1. The highest BCUT2D eigenvalue weighted by molar-refractivity contribution is 5.63. The zero-order valence-corrected chi connectivity index (χ0v) is 4.26. The fraction of sp³-hybridized carbons (Fsp3) is 0.400. The minimum Gasteiger partial charge on any atom is -0.286 e. The molecule has 1 heterocycles. The van der Waals surface area contributed by atoms with E-state index in [1.165, 1.54) is 0 Å². The van der Waals surface area contributed by atoms with Crippen molar-refractivity contribution in [2.24, 2.45) is 11.0 Å². The van der Waals surface area contributed by atoms with Crippen LogP contribution >= 0.6 is 0 Å². The van der Waals surface area contributed by atoms with E-state index in [1.807, 2.05) is 18.5 Å². The Balaban J connectivity index is 2.49. The van der Waals surface area contributed by atoms with E-state index in [2.05, 4.69) is 17.5 Å². The van der Waals surface area contributed by atoms with Gasteiger partial charge in [-0.05, 0) is 0 Å². The van der Waals surface area contributed by atoms with Gasteiger partial charge in [-0.15, -0.1) is 0 Å². The minimum absolute atomic E-state index is 0.501. The third-order valence-corrected chi connectivity index (χ3v) is 0.859. The number of nitrogens with zero attached hydrogens (tertiary/aromatic N) is 1. The third-order valence-electron chi connectivity index (χ3n) is 0.859. The molecule has 1 unspecified atom stereocenters. The van der Waals surface area contributed by atoms with Gasteiger partial charge in [0.2, 0.25) is 0 Å². The summed E-state index contributed by atoms with van der Waals surface area (Å²) in [5.41, 5.74) is 2.70. The fourth-order valence-electron chi connectivity index (χ4n) is 0.448. The lowest BCUT2D eigenvalue weighted by Crippen LogP contribution is -2.04. The molecule has 2 nitrogen and oxygen atoms in total. The van der Waals surface area contributed by atoms with Crippen LogP contribution in [0.1, 0.15) is 6.92 Å². The van der Waals surface area contributed by atoms with Crippen molar-refractivity contribution in [3.63, 3.8) is 0 Å². The smallest absolute Gasteiger partial charge is 0.0313 e. The van der Waals surface area contributed by atoms with Gasteiger partial charge in [0.25, 0.3) is 0 Å². The van der Waals surface area contributed by atoms with Crippen LogP contribution in [0.4, 0.5) is 0 Å². The summed E-state index contributed by atoms with van der Waals surface area (Å²) < 4.78 is 0. The molecular weight excluding hydrogens is 88.1 g/mol. The van der Waals surface area contributed by atoms with Gasteiger partial charge >= 0.3 is 0 Å². The summed E-state index contributed by atoms with van der Waals surface area (Å²) in [7, 11) is 0. The second-order valence-corrected chi connectivity index (χ2v) is 1.63. The van der Waals surface area contributed by atoms with E-state index in [-0.39, 0.29) is 0 Å². The monoisotopic (exact) mass is 96.1 g/mol. The molecule has 1 aliphatic rings.